The summed E-state index contributed by atoms with van der Waals surface area (Å²) in [5.74, 6) is 1.28. The third-order valence-corrected chi connectivity index (χ3v) is 5.51. The first-order valence-electron chi connectivity index (χ1n) is 10.4. The topological polar surface area (TPSA) is 78.5 Å². The second-order valence-electron chi connectivity index (χ2n) is 7.92. The van der Waals surface area contributed by atoms with Gasteiger partial charge in [0.05, 0.1) is 17.9 Å². The van der Waals surface area contributed by atoms with Crippen LogP contribution in [-0.2, 0) is 4.79 Å². The molecule has 3 heterocycles. The van der Waals surface area contributed by atoms with Gasteiger partial charge in [0.15, 0.2) is 0 Å². The van der Waals surface area contributed by atoms with Gasteiger partial charge in [-0.1, -0.05) is 24.6 Å². The standard InChI is InChI=1S/C22H29N5O2/c1-16-13-18(26-25-16)15-27-12-6-5-9-20(27)22(28)24-17-10-11-21(23-14-17)29-19-7-3-2-4-8-19/h2-4,7-8,10-11,14,16,18,20,25-26H,5-6,9,12-13,15H2,1H3,(H,24,28). The fourth-order valence-corrected chi connectivity index (χ4v) is 4.06. The van der Waals surface area contributed by atoms with Crippen molar-refractivity contribution < 1.29 is 9.53 Å². The molecule has 0 bridgehead atoms. The highest BCUT2D eigenvalue weighted by Gasteiger charge is 2.32. The summed E-state index contributed by atoms with van der Waals surface area (Å²) in [5.41, 5.74) is 7.30. The van der Waals surface area contributed by atoms with Gasteiger partial charge in [0.25, 0.3) is 0 Å². The fourth-order valence-electron chi connectivity index (χ4n) is 4.06. The van der Waals surface area contributed by atoms with Crippen LogP contribution in [0.15, 0.2) is 48.7 Å². The number of rotatable bonds is 6. The minimum Gasteiger partial charge on any atom is -0.439 e. The lowest BCUT2D eigenvalue weighted by Gasteiger charge is -2.36. The average molecular weight is 396 g/mol. The Balaban J connectivity index is 1.34. The number of amides is 1. The molecule has 1 aromatic carbocycles. The molecule has 2 aliphatic heterocycles. The SMILES string of the molecule is CC1CC(CN2CCCCC2C(=O)Nc2ccc(Oc3ccccc3)nc2)NN1. The van der Waals surface area contributed by atoms with E-state index in [4.69, 9.17) is 4.74 Å². The van der Waals surface area contributed by atoms with Gasteiger partial charge < -0.3 is 10.1 Å². The number of benzene rings is 1. The number of ether oxygens (including phenoxy) is 1. The minimum absolute atomic E-state index is 0.0437. The Morgan fingerprint density at radius 2 is 2.07 bits per heavy atom. The van der Waals surface area contributed by atoms with E-state index in [9.17, 15) is 4.79 Å². The highest BCUT2D eigenvalue weighted by Crippen LogP contribution is 2.22. The summed E-state index contributed by atoms with van der Waals surface area (Å²) < 4.78 is 5.71. The van der Waals surface area contributed by atoms with Crippen molar-refractivity contribution in [3.8, 4) is 11.6 Å². The van der Waals surface area contributed by atoms with Crippen molar-refractivity contribution >= 4 is 11.6 Å². The molecule has 29 heavy (non-hydrogen) atoms. The number of hydrazine groups is 1. The maximum atomic E-state index is 12.9. The lowest BCUT2D eigenvalue weighted by Crippen LogP contribution is -2.51. The van der Waals surface area contributed by atoms with E-state index in [0.717, 1.165) is 44.5 Å². The molecule has 2 fully saturated rings. The number of carbonyl (C=O) groups is 1. The molecule has 7 heteroatoms. The molecule has 0 radical (unpaired) electrons. The second-order valence-corrected chi connectivity index (χ2v) is 7.92. The van der Waals surface area contributed by atoms with Gasteiger partial charge in [-0.15, -0.1) is 0 Å². The van der Waals surface area contributed by atoms with Crippen LogP contribution in [0.1, 0.15) is 32.6 Å². The number of anilines is 1. The van der Waals surface area contributed by atoms with Crippen molar-refractivity contribution in [3.05, 3.63) is 48.7 Å². The van der Waals surface area contributed by atoms with Gasteiger partial charge >= 0.3 is 0 Å². The number of hydrogen-bond donors (Lipinski definition) is 3. The number of para-hydroxylation sites is 1. The first-order valence-corrected chi connectivity index (χ1v) is 10.4. The number of aromatic nitrogens is 1. The fraction of sp³-hybridized carbons (Fsp3) is 0.455. The largest absolute Gasteiger partial charge is 0.439 e. The van der Waals surface area contributed by atoms with Gasteiger partial charge in [0, 0.05) is 24.7 Å². The Bertz CT molecular complexity index is 799. The Morgan fingerprint density at radius 1 is 1.21 bits per heavy atom. The van der Waals surface area contributed by atoms with Gasteiger partial charge in [-0.3, -0.25) is 20.5 Å². The van der Waals surface area contributed by atoms with Crippen molar-refractivity contribution in [1.29, 1.82) is 0 Å². The van der Waals surface area contributed by atoms with E-state index in [0.29, 0.717) is 23.7 Å². The van der Waals surface area contributed by atoms with Crippen molar-refractivity contribution in [2.45, 2.75) is 50.7 Å². The highest BCUT2D eigenvalue weighted by atomic mass is 16.5. The number of hydrogen-bond acceptors (Lipinski definition) is 6. The van der Waals surface area contributed by atoms with Crippen molar-refractivity contribution in [1.82, 2.24) is 20.7 Å². The Hall–Kier alpha value is -2.48. The molecule has 7 nitrogen and oxygen atoms in total. The summed E-state index contributed by atoms with van der Waals surface area (Å²) in [4.78, 5) is 19.6. The van der Waals surface area contributed by atoms with E-state index in [1.165, 1.54) is 0 Å². The van der Waals surface area contributed by atoms with E-state index in [-0.39, 0.29) is 11.9 Å². The van der Waals surface area contributed by atoms with Gasteiger partial charge in [0.1, 0.15) is 5.75 Å². The van der Waals surface area contributed by atoms with E-state index < -0.39 is 0 Å². The molecule has 2 aromatic rings. The predicted octanol–water partition coefficient (Wildman–Crippen LogP) is 2.92. The van der Waals surface area contributed by atoms with Crippen molar-refractivity contribution in [3.63, 3.8) is 0 Å². The number of pyridine rings is 1. The van der Waals surface area contributed by atoms with Crippen LogP contribution in [0.4, 0.5) is 5.69 Å². The number of nitrogens with zero attached hydrogens (tertiary/aromatic N) is 2. The first kappa shape index (κ1) is 19.8. The molecule has 2 saturated heterocycles. The molecule has 3 N–H and O–H groups in total. The zero-order chi connectivity index (χ0) is 20.1. The van der Waals surface area contributed by atoms with Gasteiger partial charge in [-0.05, 0) is 50.9 Å². The van der Waals surface area contributed by atoms with Gasteiger partial charge in [-0.2, -0.15) is 0 Å². The summed E-state index contributed by atoms with van der Waals surface area (Å²) in [6.45, 7) is 4.02. The number of likely N-dealkylation sites (tertiary alicyclic amines) is 1. The Morgan fingerprint density at radius 3 is 2.79 bits per heavy atom. The number of nitrogens with one attached hydrogen (secondary N) is 3. The lowest BCUT2D eigenvalue weighted by atomic mass is 9.99. The smallest absolute Gasteiger partial charge is 0.241 e. The summed E-state index contributed by atoms with van der Waals surface area (Å²) in [6.07, 6.45) is 5.85. The van der Waals surface area contributed by atoms with E-state index in [1.807, 2.05) is 36.4 Å². The summed E-state index contributed by atoms with van der Waals surface area (Å²) in [7, 11) is 0. The van der Waals surface area contributed by atoms with Crippen LogP contribution in [0.2, 0.25) is 0 Å². The molecule has 3 unspecified atom stereocenters. The molecule has 0 spiro atoms. The molecule has 2 aliphatic rings. The zero-order valence-electron chi connectivity index (χ0n) is 16.8. The summed E-state index contributed by atoms with van der Waals surface area (Å²) in [5, 5.41) is 3.03. The quantitative estimate of drug-likeness (QED) is 0.698. The third kappa shape index (κ3) is 5.32. The molecule has 3 atom stereocenters. The lowest BCUT2D eigenvalue weighted by molar-refractivity contribution is -0.122. The van der Waals surface area contributed by atoms with Crippen molar-refractivity contribution in [2.24, 2.45) is 0 Å². The second kappa shape index (κ2) is 9.35. The minimum atomic E-state index is -0.0956. The van der Waals surface area contributed by atoms with Crippen molar-refractivity contribution in [2.75, 3.05) is 18.4 Å². The number of piperidine rings is 1. The Labute approximate surface area is 171 Å². The van der Waals surface area contributed by atoms with Crippen LogP contribution in [0.3, 0.4) is 0 Å². The monoisotopic (exact) mass is 395 g/mol. The molecule has 0 aliphatic carbocycles. The molecular weight excluding hydrogens is 366 g/mol. The normalized spacial score (nSPS) is 24.9. The van der Waals surface area contributed by atoms with Crippen LogP contribution >= 0.6 is 0 Å². The predicted molar refractivity (Wildman–Crippen MR) is 113 cm³/mol. The maximum Gasteiger partial charge on any atom is 0.241 e. The van der Waals surface area contributed by atoms with Crippen LogP contribution < -0.4 is 20.9 Å². The van der Waals surface area contributed by atoms with Gasteiger partial charge in [0.2, 0.25) is 11.8 Å². The molecule has 1 aromatic heterocycles. The maximum absolute atomic E-state index is 12.9. The molecule has 4 rings (SSSR count). The van der Waals surface area contributed by atoms with E-state index in [2.05, 4.69) is 33.0 Å². The molecule has 0 saturated carbocycles. The molecular formula is C22H29N5O2. The first-order chi connectivity index (χ1) is 14.2. The average Bonchev–Trinajstić information content (AvgIpc) is 3.15. The van der Waals surface area contributed by atoms with Crippen LogP contribution in [0, 0.1) is 0 Å². The van der Waals surface area contributed by atoms with Crippen LogP contribution in [0.25, 0.3) is 0 Å². The molecule has 1 amide bonds. The number of carbonyl (C=O) groups excluding carboxylic acids is 1. The highest BCUT2D eigenvalue weighted by molar-refractivity contribution is 5.94. The summed E-state index contributed by atoms with van der Waals surface area (Å²) in [6, 6.07) is 13.9. The van der Waals surface area contributed by atoms with E-state index in [1.54, 1.807) is 12.3 Å². The summed E-state index contributed by atoms with van der Waals surface area (Å²) >= 11 is 0. The third-order valence-electron chi connectivity index (χ3n) is 5.51. The van der Waals surface area contributed by atoms with Gasteiger partial charge in [-0.25, -0.2) is 4.98 Å². The zero-order valence-corrected chi connectivity index (χ0v) is 16.8. The molecule has 154 valence electrons. The van der Waals surface area contributed by atoms with Crippen LogP contribution in [-0.4, -0.2) is 47.0 Å². The van der Waals surface area contributed by atoms with Crippen LogP contribution in [0.5, 0.6) is 11.6 Å². The van der Waals surface area contributed by atoms with E-state index >= 15 is 0 Å². The Kier molecular flexibility index (Phi) is 6.39.